The number of piperidine rings is 1. The quantitative estimate of drug-likeness (QED) is 0.827. The molecule has 1 heterocycles. The Morgan fingerprint density at radius 3 is 2.58 bits per heavy atom. The fraction of sp³-hybridized carbons (Fsp3) is 0.333. The summed E-state index contributed by atoms with van der Waals surface area (Å²) in [6.45, 7) is 2.56. The van der Waals surface area contributed by atoms with Crippen LogP contribution in [0.2, 0.25) is 0 Å². The van der Waals surface area contributed by atoms with Crippen LogP contribution in [0.5, 0.6) is 0 Å². The summed E-state index contributed by atoms with van der Waals surface area (Å²) in [6, 6.07) is 17.0. The fourth-order valence-electron chi connectivity index (χ4n) is 3.20. The lowest BCUT2D eigenvalue weighted by Gasteiger charge is -2.33. The largest absolute Gasteiger partial charge is 0.452 e. The molecule has 5 heteroatoms. The molecular weight excluding hydrogens is 328 g/mol. The molecule has 0 spiro atoms. The van der Waals surface area contributed by atoms with E-state index in [1.54, 1.807) is 12.1 Å². The number of ether oxygens (including phenoxy) is 1. The van der Waals surface area contributed by atoms with Gasteiger partial charge in [0.1, 0.15) is 0 Å². The third-order valence-electron chi connectivity index (χ3n) is 4.65. The maximum Gasteiger partial charge on any atom is 0.340 e. The number of carbonyl (C=O) groups is 2. The molecule has 0 aromatic heterocycles. The zero-order valence-electron chi connectivity index (χ0n) is 15.0. The van der Waals surface area contributed by atoms with Crippen molar-refractivity contribution in [3.8, 4) is 0 Å². The van der Waals surface area contributed by atoms with Gasteiger partial charge >= 0.3 is 5.97 Å². The highest BCUT2D eigenvalue weighted by molar-refractivity contribution is 5.97. The maximum atomic E-state index is 12.5. The Labute approximate surface area is 154 Å². The first kappa shape index (κ1) is 18.0. The summed E-state index contributed by atoms with van der Waals surface area (Å²) in [4.78, 5) is 26.7. The van der Waals surface area contributed by atoms with E-state index in [0.29, 0.717) is 11.3 Å². The van der Waals surface area contributed by atoms with Gasteiger partial charge in [-0.05, 0) is 50.5 Å². The molecule has 2 aromatic rings. The third kappa shape index (κ3) is 4.42. The van der Waals surface area contributed by atoms with Crippen LogP contribution in [0.3, 0.4) is 0 Å². The lowest BCUT2D eigenvalue weighted by Crippen LogP contribution is -2.44. The summed E-state index contributed by atoms with van der Waals surface area (Å²) in [5.74, 6) is -0.624. The van der Waals surface area contributed by atoms with Crippen LogP contribution in [0, 0.1) is 0 Å². The summed E-state index contributed by atoms with van der Waals surface area (Å²) in [5, 5.41) is 3.22. The normalized spacial score (nSPS) is 16.8. The molecule has 1 fully saturated rings. The van der Waals surface area contributed by atoms with Crippen molar-refractivity contribution in [2.45, 2.75) is 32.2 Å². The van der Waals surface area contributed by atoms with E-state index >= 15 is 0 Å². The van der Waals surface area contributed by atoms with Gasteiger partial charge in [-0.25, -0.2) is 4.79 Å². The van der Waals surface area contributed by atoms with E-state index < -0.39 is 5.97 Å². The predicted octanol–water partition coefficient (Wildman–Crippen LogP) is 3.99. The first-order valence-electron chi connectivity index (χ1n) is 9.03. The van der Waals surface area contributed by atoms with Gasteiger partial charge in [0.05, 0.1) is 11.3 Å². The van der Waals surface area contributed by atoms with Crippen molar-refractivity contribution in [1.29, 1.82) is 0 Å². The molecule has 1 aliphatic rings. The number of rotatable bonds is 5. The predicted molar refractivity (Wildman–Crippen MR) is 101 cm³/mol. The van der Waals surface area contributed by atoms with E-state index in [4.69, 9.17) is 4.74 Å². The minimum absolute atomic E-state index is 0.126. The van der Waals surface area contributed by atoms with E-state index in [1.807, 2.05) is 54.3 Å². The summed E-state index contributed by atoms with van der Waals surface area (Å²) in [7, 11) is 0. The van der Waals surface area contributed by atoms with Crippen LogP contribution in [-0.2, 0) is 9.53 Å². The topological polar surface area (TPSA) is 58.6 Å². The molecule has 1 atom stereocenters. The molecule has 0 saturated carbocycles. The van der Waals surface area contributed by atoms with Gasteiger partial charge in [-0.3, -0.25) is 4.79 Å². The number of hydrogen-bond acceptors (Lipinski definition) is 4. The van der Waals surface area contributed by atoms with Gasteiger partial charge in [-0.1, -0.05) is 30.3 Å². The highest BCUT2D eigenvalue weighted by Gasteiger charge is 2.24. The highest BCUT2D eigenvalue weighted by atomic mass is 16.5. The van der Waals surface area contributed by atoms with Crippen molar-refractivity contribution in [1.82, 2.24) is 4.90 Å². The van der Waals surface area contributed by atoms with Crippen LogP contribution in [0.25, 0.3) is 0 Å². The Kier molecular flexibility index (Phi) is 5.89. The van der Waals surface area contributed by atoms with Gasteiger partial charge in [-0.15, -0.1) is 0 Å². The lowest BCUT2D eigenvalue weighted by atomic mass is 10.0. The van der Waals surface area contributed by atoms with Gasteiger partial charge < -0.3 is 15.0 Å². The van der Waals surface area contributed by atoms with Gasteiger partial charge in [0.2, 0.25) is 0 Å². The molecule has 0 aliphatic carbocycles. The Balaban J connectivity index is 1.64. The molecule has 0 radical (unpaired) electrons. The summed E-state index contributed by atoms with van der Waals surface area (Å²) in [6.07, 6.45) is 3.15. The van der Waals surface area contributed by atoms with Crippen molar-refractivity contribution in [2.24, 2.45) is 0 Å². The number of para-hydroxylation sites is 2. The summed E-state index contributed by atoms with van der Waals surface area (Å²) < 4.78 is 5.30. The molecule has 1 saturated heterocycles. The van der Waals surface area contributed by atoms with Gasteiger partial charge in [-0.2, -0.15) is 0 Å². The molecule has 1 aliphatic heterocycles. The van der Waals surface area contributed by atoms with Gasteiger partial charge in [0.15, 0.2) is 6.61 Å². The van der Waals surface area contributed by atoms with Gasteiger partial charge in [0.25, 0.3) is 5.91 Å². The standard InChI is InChI=1S/C21H24N2O3/c1-16-9-7-8-14-23(16)20(24)15-26-21(25)18-12-5-6-13-19(18)22-17-10-3-2-4-11-17/h2-6,10-13,16,22H,7-9,14-15H2,1H3/t16-/m1/s1. The molecule has 0 unspecified atom stereocenters. The zero-order valence-corrected chi connectivity index (χ0v) is 15.0. The van der Waals surface area contributed by atoms with Crippen molar-refractivity contribution in [3.05, 3.63) is 60.2 Å². The van der Waals surface area contributed by atoms with E-state index in [1.165, 1.54) is 0 Å². The number of hydrogen-bond donors (Lipinski definition) is 1. The number of amides is 1. The average Bonchev–Trinajstić information content (AvgIpc) is 2.67. The number of anilines is 2. The molecule has 2 aromatic carbocycles. The number of benzene rings is 2. The summed E-state index contributed by atoms with van der Waals surface area (Å²) >= 11 is 0. The first-order valence-corrected chi connectivity index (χ1v) is 9.03. The average molecular weight is 352 g/mol. The van der Waals surface area contributed by atoms with Crippen LogP contribution >= 0.6 is 0 Å². The van der Waals surface area contributed by atoms with E-state index in [-0.39, 0.29) is 18.6 Å². The number of likely N-dealkylation sites (tertiary alicyclic amines) is 1. The number of nitrogens with zero attached hydrogens (tertiary/aromatic N) is 1. The SMILES string of the molecule is C[C@@H]1CCCCN1C(=O)COC(=O)c1ccccc1Nc1ccccc1. The lowest BCUT2D eigenvalue weighted by molar-refractivity contribution is -0.137. The fourth-order valence-corrected chi connectivity index (χ4v) is 3.20. The Morgan fingerprint density at radius 2 is 1.81 bits per heavy atom. The molecule has 136 valence electrons. The van der Waals surface area contributed by atoms with Crippen LogP contribution in [0.1, 0.15) is 36.5 Å². The second-order valence-electron chi connectivity index (χ2n) is 6.54. The first-order chi connectivity index (χ1) is 12.6. The van der Waals surface area contributed by atoms with Crippen LogP contribution < -0.4 is 5.32 Å². The molecule has 3 rings (SSSR count). The van der Waals surface area contributed by atoms with E-state index in [0.717, 1.165) is 31.5 Å². The minimum atomic E-state index is -0.498. The number of carbonyl (C=O) groups excluding carboxylic acids is 2. The van der Waals surface area contributed by atoms with Crippen molar-refractivity contribution in [2.75, 3.05) is 18.5 Å². The molecule has 0 bridgehead atoms. The molecule has 26 heavy (non-hydrogen) atoms. The molecular formula is C21H24N2O3. The Bertz CT molecular complexity index is 761. The Hall–Kier alpha value is -2.82. The zero-order chi connectivity index (χ0) is 18.4. The van der Waals surface area contributed by atoms with Gasteiger partial charge in [0, 0.05) is 18.3 Å². The van der Waals surface area contributed by atoms with Crippen molar-refractivity contribution < 1.29 is 14.3 Å². The third-order valence-corrected chi connectivity index (χ3v) is 4.65. The molecule has 1 N–H and O–H groups in total. The number of esters is 1. The monoisotopic (exact) mass is 352 g/mol. The second-order valence-corrected chi connectivity index (χ2v) is 6.54. The van der Waals surface area contributed by atoms with E-state index in [2.05, 4.69) is 5.32 Å². The molecule has 1 amide bonds. The smallest absolute Gasteiger partial charge is 0.340 e. The van der Waals surface area contributed by atoms with Crippen LogP contribution in [0.15, 0.2) is 54.6 Å². The van der Waals surface area contributed by atoms with Crippen molar-refractivity contribution >= 4 is 23.3 Å². The van der Waals surface area contributed by atoms with Crippen LogP contribution in [0.4, 0.5) is 11.4 Å². The maximum absolute atomic E-state index is 12.5. The van der Waals surface area contributed by atoms with Crippen LogP contribution in [-0.4, -0.2) is 36.0 Å². The van der Waals surface area contributed by atoms with E-state index in [9.17, 15) is 9.59 Å². The highest BCUT2D eigenvalue weighted by Crippen LogP contribution is 2.22. The minimum Gasteiger partial charge on any atom is -0.452 e. The molecule has 5 nitrogen and oxygen atoms in total. The number of nitrogens with one attached hydrogen (secondary N) is 1. The Morgan fingerprint density at radius 1 is 1.08 bits per heavy atom. The van der Waals surface area contributed by atoms with Crippen molar-refractivity contribution in [3.63, 3.8) is 0 Å². The second kappa shape index (κ2) is 8.52. The summed E-state index contributed by atoms with van der Waals surface area (Å²) in [5.41, 5.74) is 1.95.